The third-order valence-electron chi connectivity index (χ3n) is 2.98. The van der Waals surface area contributed by atoms with Gasteiger partial charge in [0.2, 0.25) is 11.8 Å². The van der Waals surface area contributed by atoms with Crippen molar-refractivity contribution >= 4 is 42.4 Å². The Hall–Kier alpha value is -1.28. The van der Waals surface area contributed by atoms with Crippen LogP contribution in [0.4, 0.5) is 4.39 Å². The smallest absolute Gasteiger partial charge is 0.362 e. The molecule has 1 heterocycles. The molecule has 12 heteroatoms. The van der Waals surface area contributed by atoms with Crippen molar-refractivity contribution in [3.63, 3.8) is 0 Å². The quantitative estimate of drug-likeness (QED) is 0.331. The van der Waals surface area contributed by atoms with Gasteiger partial charge < -0.3 is 24.4 Å². The van der Waals surface area contributed by atoms with E-state index >= 15 is 0 Å². The van der Waals surface area contributed by atoms with Crippen molar-refractivity contribution in [2.24, 2.45) is 0 Å². The number of halogens is 4. The van der Waals surface area contributed by atoms with Crippen molar-refractivity contribution in [3.05, 3.63) is 39.8 Å². The molecule has 1 aromatic carbocycles. The lowest BCUT2D eigenvalue weighted by Crippen LogP contribution is -2.03. The summed E-state index contributed by atoms with van der Waals surface area (Å²) in [6, 6.07) is 4.07. The number of hydrogen-bond acceptors (Lipinski definition) is 5. The van der Waals surface area contributed by atoms with Gasteiger partial charge in [0.1, 0.15) is 21.5 Å². The average molecular weight is 447 g/mol. The van der Waals surface area contributed by atoms with E-state index in [4.69, 9.17) is 54.1 Å². The number of nitrogens with zero attached hydrogens (tertiary/aromatic N) is 1. The van der Waals surface area contributed by atoms with Crippen molar-refractivity contribution in [3.8, 4) is 23.1 Å². The molecular weight excluding hydrogens is 434 g/mol. The molecule has 0 bridgehead atoms. The normalized spacial score (nSPS) is 12.7. The van der Waals surface area contributed by atoms with Gasteiger partial charge in [0, 0.05) is 5.56 Å². The molecule has 0 aliphatic rings. The van der Waals surface area contributed by atoms with Crippen LogP contribution in [0.5, 0.6) is 23.1 Å². The molecule has 2 rings (SSSR count). The van der Waals surface area contributed by atoms with Gasteiger partial charge in [-0.25, -0.2) is 0 Å². The zero-order chi connectivity index (χ0) is 19.6. The van der Waals surface area contributed by atoms with Crippen LogP contribution in [0.3, 0.4) is 0 Å². The summed E-state index contributed by atoms with van der Waals surface area (Å²) in [6.45, 7) is 1.63. The van der Waals surface area contributed by atoms with Crippen LogP contribution in [0, 0.1) is 5.95 Å². The Morgan fingerprint density at radius 3 is 2.54 bits per heavy atom. The molecule has 0 aliphatic carbocycles. The lowest BCUT2D eigenvalue weighted by Gasteiger charge is -2.15. The van der Waals surface area contributed by atoms with Crippen molar-refractivity contribution in [2.45, 2.75) is 12.3 Å². The Bertz CT molecular complexity index is 876. The van der Waals surface area contributed by atoms with Gasteiger partial charge in [0.25, 0.3) is 0 Å². The molecule has 0 fully saturated rings. The van der Waals surface area contributed by atoms with Crippen LogP contribution in [-0.4, -0.2) is 26.2 Å². The SMILES string of the molecule is CC(Cl)c1cc(Oc2c(Cl)c(F)nc(OCP(=O)(O)O)c2Cl)ccc1O. The summed E-state index contributed by atoms with van der Waals surface area (Å²) in [7, 11) is -4.54. The summed E-state index contributed by atoms with van der Waals surface area (Å²) >= 11 is 17.8. The van der Waals surface area contributed by atoms with Crippen LogP contribution < -0.4 is 9.47 Å². The molecule has 1 unspecified atom stereocenters. The van der Waals surface area contributed by atoms with E-state index in [1.54, 1.807) is 6.92 Å². The summed E-state index contributed by atoms with van der Waals surface area (Å²) in [5.74, 6) is -2.13. The number of aromatic hydroxyl groups is 1. The number of rotatable bonds is 6. The number of pyridine rings is 1. The highest BCUT2D eigenvalue weighted by Gasteiger charge is 2.24. The number of aromatic nitrogens is 1. The second-order valence-corrected chi connectivity index (χ2v) is 8.04. The number of phenolic OH excluding ortho intramolecular Hbond substituents is 1. The van der Waals surface area contributed by atoms with Gasteiger partial charge in [-0.2, -0.15) is 9.37 Å². The Morgan fingerprint density at radius 1 is 1.31 bits per heavy atom. The van der Waals surface area contributed by atoms with Crippen molar-refractivity contribution in [2.75, 3.05) is 6.35 Å². The Labute approximate surface area is 162 Å². The standard InChI is InChI=1S/C14H12Cl3FNO6P/c1-6(15)8-4-7(2-3-9(8)20)25-12-10(16)13(18)19-14(11(12)17)24-5-26(21,22)23/h2-4,6,20H,5H2,1H3,(H2,21,22,23). The lowest BCUT2D eigenvalue weighted by molar-refractivity contribution is 0.290. The molecule has 3 N–H and O–H groups in total. The zero-order valence-corrected chi connectivity index (χ0v) is 16.2. The summed E-state index contributed by atoms with van der Waals surface area (Å²) in [4.78, 5) is 21.0. The fourth-order valence-corrected chi connectivity index (χ4v) is 2.76. The van der Waals surface area contributed by atoms with Crippen LogP contribution in [0.1, 0.15) is 17.9 Å². The van der Waals surface area contributed by atoms with E-state index < -0.39 is 41.2 Å². The van der Waals surface area contributed by atoms with E-state index in [2.05, 4.69) is 4.98 Å². The zero-order valence-electron chi connectivity index (χ0n) is 13.0. The predicted octanol–water partition coefficient (Wildman–Crippen LogP) is 4.84. The fourth-order valence-electron chi connectivity index (χ4n) is 1.84. The molecule has 7 nitrogen and oxygen atoms in total. The molecule has 2 aromatic rings. The van der Waals surface area contributed by atoms with Crippen LogP contribution in [-0.2, 0) is 4.57 Å². The predicted molar refractivity (Wildman–Crippen MR) is 94.2 cm³/mol. The first-order valence-electron chi connectivity index (χ1n) is 6.86. The maximum Gasteiger partial charge on any atom is 0.362 e. The molecular formula is C14H12Cl3FNO6P. The fraction of sp³-hybridized carbons (Fsp3) is 0.214. The Kier molecular flexibility index (Phi) is 6.60. The topological polar surface area (TPSA) is 109 Å². The van der Waals surface area contributed by atoms with Gasteiger partial charge in [-0.3, -0.25) is 4.57 Å². The lowest BCUT2D eigenvalue weighted by atomic mass is 10.1. The first-order chi connectivity index (χ1) is 12.0. The van der Waals surface area contributed by atoms with Gasteiger partial charge in [0.05, 0.1) is 5.38 Å². The molecule has 0 spiro atoms. The number of benzene rings is 1. The molecule has 0 amide bonds. The van der Waals surface area contributed by atoms with E-state index in [0.29, 0.717) is 5.56 Å². The van der Waals surface area contributed by atoms with E-state index in [9.17, 15) is 14.1 Å². The van der Waals surface area contributed by atoms with Gasteiger partial charge in [0.15, 0.2) is 12.1 Å². The second-order valence-electron chi connectivity index (χ2n) is 5.04. The maximum atomic E-state index is 13.9. The first kappa shape index (κ1) is 21.0. The molecule has 1 atom stereocenters. The minimum atomic E-state index is -4.54. The van der Waals surface area contributed by atoms with E-state index in [1.165, 1.54) is 18.2 Å². The van der Waals surface area contributed by atoms with E-state index in [0.717, 1.165) is 0 Å². The largest absolute Gasteiger partial charge is 0.508 e. The van der Waals surface area contributed by atoms with E-state index in [1.807, 2.05) is 0 Å². The van der Waals surface area contributed by atoms with Crippen molar-refractivity contribution in [1.29, 1.82) is 0 Å². The third kappa shape index (κ3) is 5.13. The second kappa shape index (κ2) is 8.17. The van der Waals surface area contributed by atoms with Gasteiger partial charge in [-0.1, -0.05) is 23.2 Å². The number of alkyl halides is 1. The minimum Gasteiger partial charge on any atom is -0.508 e. The summed E-state index contributed by atoms with van der Waals surface area (Å²) in [6.07, 6.45) is -1.06. The van der Waals surface area contributed by atoms with Crippen molar-refractivity contribution in [1.82, 2.24) is 4.98 Å². The molecule has 26 heavy (non-hydrogen) atoms. The van der Waals surface area contributed by atoms with Crippen LogP contribution >= 0.6 is 42.4 Å². The molecule has 142 valence electrons. The third-order valence-corrected chi connectivity index (χ3v) is 4.35. The molecule has 1 aromatic heterocycles. The molecule has 0 radical (unpaired) electrons. The highest BCUT2D eigenvalue weighted by molar-refractivity contribution is 7.51. The highest BCUT2D eigenvalue weighted by atomic mass is 35.5. The van der Waals surface area contributed by atoms with E-state index in [-0.39, 0.29) is 17.2 Å². The maximum absolute atomic E-state index is 13.9. The van der Waals surface area contributed by atoms with Crippen LogP contribution in [0.15, 0.2) is 18.2 Å². The highest BCUT2D eigenvalue weighted by Crippen LogP contribution is 2.44. The monoisotopic (exact) mass is 445 g/mol. The number of ether oxygens (including phenoxy) is 2. The average Bonchev–Trinajstić information content (AvgIpc) is 2.54. The van der Waals surface area contributed by atoms with Gasteiger partial charge in [-0.15, -0.1) is 11.6 Å². The minimum absolute atomic E-state index is 0.0661. The van der Waals surface area contributed by atoms with Crippen LogP contribution in [0.2, 0.25) is 10.0 Å². The summed E-state index contributed by atoms with van der Waals surface area (Å²) in [5, 5.41) is 8.26. The summed E-state index contributed by atoms with van der Waals surface area (Å²) < 4.78 is 35.0. The summed E-state index contributed by atoms with van der Waals surface area (Å²) in [5.41, 5.74) is 0.351. The molecule has 0 saturated heterocycles. The first-order valence-corrected chi connectivity index (χ1v) is 9.85. The van der Waals surface area contributed by atoms with Gasteiger partial charge in [-0.05, 0) is 25.1 Å². The Balaban J connectivity index is 2.41. The molecule has 0 aliphatic heterocycles. The molecule has 0 saturated carbocycles. The Morgan fingerprint density at radius 2 is 1.96 bits per heavy atom. The van der Waals surface area contributed by atoms with Gasteiger partial charge >= 0.3 is 7.60 Å². The number of phenols is 1. The van der Waals surface area contributed by atoms with Crippen LogP contribution in [0.25, 0.3) is 0 Å². The number of hydrogen-bond donors (Lipinski definition) is 3. The van der Waals surface area contributed by atoms with Crippen molar-refractivity contribution < 1.29 is 33.3 Å².